The quantitative estimate of drug-likeness (QED) is 0.285. The summed E-state index contributed by atoms with van der Waals surface area (Å²) < 4.78 is 4.26. The molecular formula is C32H32Cl2NOSiZr. The number of nitrogens with one attached hydrogen (secondary N) is 1. The van der Waals surface area contributed by atoms with Crippen molar-refractivity contribution in [2.75, 3.05) is 0 Å². The number of hydrogen-bond donors (Lipinski definition) is 1. The van der Waals surface area contributed by atoms with Crippen LogP contribution in [-0.4, -0.2) is 11.8 Å². The molecule has 1 fully saturated rings. The van der Waals surface area contributed by atoms with Gasteiger partial charge in [-0.3, -0.25) is 0 Å². The van der Waals surface area contributed by atoms with Crippen LogP contribution in [0.2, 0.25) is 0 Å². The van der Waals surface area contributed by atoms with Crippen LogP contribution in [0, 0.1) is 5.92 Å². The monoisotopic (exact) mass is 634 g/mol. The molecule has 0 unspecified atom stereocenters. The Morgan fingerprint density at radius 3 is 1.58 bits per heavy atom. The average Bonchev–Trinajstić information content (AvgIpc) is 3.28. The predicted molar refractivity (Wildman–Crippen MR) is 148 cm³/mol. The molecule has 4 aromatic carbocycles. The molecule has 2 nitrogen and oxygen atoms in total. The summed E-state index contributed by atoms with van der Waals surface area (Å²) in [4.78, 5) is 13.9. The van der Waals surface area contributed by atoms with Gasteiger partial charge in [0, 0.05) is 0 Å². The van der Waals surface area contributed by atoms with Gasteiger partial charge in [-0.1, -0.05) is 0 Å². The molecule has 1 N–H and O–H groups in total. The third kappa shape index (κ3) is 5.80. The van der Waals surface area contributed by atoms with Gasteiger partial charge in [-0.15, -0.1) is 0 Å². The molecule has 193 valence electrons. The molecule has 0 heterocycles. The first-order valence-corrected chi connectivity index (χ1v) is 21.9. The molecule has 2 aliphatic rings. The maximum absolute atomic E-state index is 13.9. The minimum atomic E-state index is -2.73. The van der Waals surface area contributed by atoms with Gasteiger partial charge in [0.2, 0.25) is 0 Å². The number of carbonyl (C=O) groups is 1. The standard InChI is InChI=1S/C13H9.C12H11Si.C7H13NO.2ClH.Zr/c1-3-7-12-10(5-1)9-11-6-2-4-8-13(11)12;1-3-7-11(8-4-1)13-12-9-5-2-6-10-12;8-7(9)6-4-2-1-3-5-6;;;/h1-9H;1-10,13H;6H,1-5H2,(H2,8,9);2*1H;/q;;;;;+3/p-3. The van der Waals surface area contributed by atoms with Crippen molar-refractivity contribution in [3.63, 3.8) is 0 Å². The summed E-state index contributed by atoms with van der Waals surface area (Å²) in [6.45, 7) is 0. The van der Waals surface area contributed by atoms with E-state index in [-0.39, 0.29) is 30.7 Å². The topological polar surface area (TPSA) is 29.1 Å². The van der Waals surface area contributed by atoms with Gasteiger partial charge in [0.05, 0.1) is 0 Å². The van der Waals surface area contributed by atoms with E-state index < -0.39 is 27.1 Å². The van der Waals surface area contributed by atoms with Crippen LogP contribution in [-0.2, 0) is 26.0 Å². The van der Waals surface area contributed by atoms with Crippen molar-refractivity contribution in [1.82, 2.24) is 3.26 Å². The Morgan fingerprint density at radius 2 is 1.08 bits per heavy atom. The molecule has 0 radical (unpaired) electrons. The summed E-state index contributed by atoms with van der Waals surface area (Å²) in [6, 6.07) is 40.1. The average molecular weight is 637 g/mol. The molecule has 6 rings (SSSR count). The minimum Gasteiger partial charge on any atom is -1.00 e. The van der Waals surface area contributed by atoms with Crippen LogP contribution in [0.5, 0.6) is 0 Å². The van der Waals surface area contributed by atoms with E-state index in [4.69, 9.17) is 0 Å². The van der Waals surface area contributed by atoms with Crippen LogP contribution in [0.15, 0.2) is 109 Å². The van der Waals surface area contributed by atoms with E-state index >= 15 is 0 Å². The van der Waals surface area contributed by atoms with Crippen molar-refractivity contribution < 1.29 is 50.8 Å². The van der Waals surface area contributed by atoms with Crippen LogP contribution in [0.25, 0.3) is 11.1 Å². The third-order valence-electron chi connectivity index (χ3n) is 7.97. The zero-order valence-electron chi connectivity index (χ0n) is 21.3. The number of halogens is 2. The SMILES string of the molecule is O=C([NH][Zr+2]([CH]1c2ccccc2-c2ccccc21)[SiH](c1ccccc1)c1ccccc1)C1CCCCC1.[Cl-].[Cl-]. The molecule has 2 aliphatic carbocycles. The van der Waals surface area contributed by atoms with E-state index in [9.17, 15) is 4.79 Å². The molecule has 6 heteroatoms. The van der Waals surface area contributed by atoms with Crippen molar-refractivity contribution in [2.45, 2.75) is 35.7 Å². The van der Waals surface area contributed by atoms with Crippen molar-refractivity contribution in [2.24, 2.45) is 5.92 Å². The Balaban J connectivity index is 0.00000168. The molecule has 0 bridgehead atoms. The number of carbonyl (C=O) groups excluding carboxylic acids is 1. The fraction of sp³-hybridized carbons (Fsp3) is 0.219. The van der Waals surface area contributed by atoms with Gasteiger partial charge in [-0.2, -0.15) is 0 Å². The molecule has 4 aromatic rings. The Labute approximate surface area is 247 Å². The van der Waals surface area contributed by atoms with Gasteiger partial charge in [0.1, 0.15) is 0 Å². The second-order valence-electron chi connectivity index (χ2n) is 10.1. The van der Waals surface area contributed by atoms with E-state index in [1.807, 2.05) is 0 Å². The molecule has 1 amide bonds. The predicted octanol–water partition coefficient (Wildman–Crippen LogP) is -0.468. The van der Waals surface area contributed by atoms with Crippen LogP contribution in [0.3, 0.4) is 0 Å². The normalized spacial score (nSPS) is 14.6. The van der Waals surface area contributed by atoms with E-state index in [1.165, 1.54) is 51.9 Å². The Morgan fingerprint density at radius 1 is 0.632 bits per heavy atom. The molecule has 0 atom stereocenters. The summed E-state index contributed by atoms with van der Waals surface area (Å²) in [7, 11) is 0. The number of amides is 1. The van der Waals surface area contributed by atoms with E-state index in [0.29, 0.717) is 9.53 Å². The van der Waals surface area contributed by atoms with E-state index in [2.05, 4.69) is 112 Å². The fourth-order valence-electron chi connectivity index (χ4n) is 6.25. The van der Waals surface area contributed by atoms with Crippen LogP contribution < -0.4 is 38.4 Å². The smallest absolute Gasteiger partial charge is 1.00 e. The van der Waals surface area contributed by atoms with Crippen LogP contribution in [0.4, 0.5) is 0 Å². The van der Waals surface area contributed by atoms with Gasteiger partial charge in [-0.05, 0) is 0 Å². The molecular weight excluding hydrogens is 605 g/mol. The summed E-state index contributed by atoms with van der Waals surface area (Å²) in [6.07, 6.45) is 5.73. The first kappa shape index (κ1) is 29.0. The Kier molecular flexibility index (Phi) is 10.2. The van der Waals surface area contributed by atoms with Gasteiger partial charge in [0.15, 0.2) is 0 Å². The molecule has 0 aromatic heterocycles. The number of benzene rings is 4. The zero-order valence-corrected chi connectivity index (χ0v) is 26.4. The summed E-state index contributed by atoms with van der Waals surface area (Å²) in [5.74, 6) is -1.16. The third-order valence-corrected chi connectivity index (χ3v) is 27.4. The molecule has 0 spiro atoms. The van der Waals surface area contributed by atoms with Crippen molar-refractivity contribution in [3.05, 3.63) is 120 Å². The molecule has 0 aliphatic heterocycles. The Bertz CT molecular complexity index is 1260. The van der Waals surface area contributed by atoms with E-state index in [1.54, 1.807) is 0 Å². The zero-order chi connectivity index (χ0) is 24.3. The van der Waals surface area contributed by atoms with Crippen molar-refractivity contribution >= 4 is 22.2 Å². The van der Waals surface area contributed by atoms with Crippen molar-refractivity contribution in [1.29, 1.82) is 0 Å². The number of fused-ring (bicyclic) bond motifs is 3. The first-order chi connectivity index (χ1) is 17.8. The summed E-state index contributed by atoms with van der Waals surface area (Å²) >= 11 is -2.73. The summed E-state index contributed by atoms with van der Waals surface area (Å²) in [5, 5.41) is 2.92. The van der Waals surface area contributed by atoms with Gasteiger partial charge in [-0.25, -0.2) is 0 Å². The van der Waals surface area contributed by atoms with Gasteiger partial charge < -0.3 is 24.8 Å². The van der Waals surface area contributed by atoms with Gasteiger partial charge in [0.25, 0.3) is 0 Å². The molecule has 1 saturated carbocycles. The largest absolute Gasteiger partial charge is 1.00 e. The molecule has 0 saturated heterocycles. The maximum atomic E-state index is 13.9. The summed E-state index contributed by atoms with van der Waals surface area (Å²) in [5.41, 5.74) is 5.58. The van der Waals surface area contributed by atoms with Crippen LogP contribution in [0.1, 0.15) is 46.9 Å². The van der Waals surface area contributed by atoms with E-state index in [0.717, 1.165) is 12.8 Å². The molecule has 38 heavy (non-hydrogen) atoms. The minimum absolute atomic E-state index is 0. The second kappa shape index (κ2) is 13.4. The second-order valence-corrected chi connectivity index (χ2v) is 24.6. The van der Waals surface area contributed by atoms with Crippen molar-refractivity contribution in [3.8, 4) is 11.1 Å². The Hall–Kier alpha value is -1.97. The maximum Gasteiger partial charge on any atom is -1.00 e. The number of hydrogen-bond acceptors (Lipinski definition) is 1. The van der Waals surface area contributed by atoms with Crippen LogP contribution >= 0.6 is 0 Å². The fourth-order valence-corrected chi connectivity index (χ4v) is 28.1. The first-order valence-electron chi connectivity index (χ1n) is 13.3. The van der Waals surface area contributed by atoms with Gasteiger partial charge >= 0.3 is 225 Å². The number of rotatable bonds is 6.